The summed E-state index contributed by atoms with van der Waals surface area (Å²) < 4.78 is 2.53. The molecule has 1 aliphatic heterocycles. The van der Waals surface area contributed by atoms with E-state index in [2.05, 4.69) is 53.7 Å². The third-order valence-corrected chi connectivity index (χ3v) is 4.92. The lowest BCUT2D eigenvalue weighted by atomic mass is 9.95. The Morgan fingerprint density at radius 2 is 2.00 bits per heavy atom. The maximum atomic E-state index is 2.53. The van der Waals surface area contributed by atoms with Gasteiger partial charge in [0.05, 0.1) is 0 Å². The number of piperidine rings is 1. The number of hydrogen-bond donors (Lipinski definition) is 0. The molecule has 0 spiro atoms. The Morgan fingerprint density at radius 3 is 2.33 bits per heavy atom. The molecule has 3 atom stereocenters. The molecule has 1 heterocycles. The third kappa shape index (κ3) is 1.07. The van der Waals surface area contributed by atoms with Crippen LogP contribution in [0.5, 0.6) is 0 Å². The van der Waals surface area contributed by atoms with Crippen LogP contribution in [-0.4, -0.2) is 15.7 Å². The number of hydrogen-bond acceptors (Lipinski definition) is 1. The lowest BCUT2D eigenvalue weighted by Gasteiger charge is -2.28. The first-order valence-electron chi connectivity index (χ1n) is 4.88. The van der Waals surface area contributed by atoms with Gasteiger partial charge in [-0.25, -0.2) is 3.11 Å². The van der Waals surface area contributed by atoms with Gasteiger partial charge in [0.1, 0.15) is 0 Å². The van der Waals surface area contributed by atoms with E-state index in [0.29, 0.717) is 5.41 Å². The van der Waals surface area contributed by atoms with Crippen LogP contribution in [0.1, 0.15) is 27.7 Å². The summed E-state index contributed by atoms with van der Waals surface area (Å²) >= 11 is 2.50. The van der Waals surface area contributed by atoms with Crippen LogP contribution in [-0.2, 0) is 0 Å². The van der Waals surface area contributed by atoms with Crippen LogP contribution in [0.3, 0.4) is 0 Å². The van der Waals surface area contributed by atoms with Gasteiger partial charge in [-0.05, 0) is 23.2 Å². The Kier molecular flexibility index (Phi) is 2.00. The molecule has 0 aromatic rings. The van der Waals surface area contributed by atoms with Gasteiger partial charge in [0.25, 0.3) is 0 Å². The smallest absolute Gasteiger partial charge is 0.0254 e. The standard InChI is InChI=1S/C10H18IN/c1-6(2)9-8-7(5-12(9)11)10(8,3)4/h6-9H,5H2,1-4H3. The Morgan fingerprint density at radius 1 is 1.42 bits per heavy atom. The second-order valence-corrected chi connectivity index (χ2v) is 6.51. The lowest BCUT2D eigenvalue weighted by Crippen LogP contribution is -2.32. The largest absolute Gasteiger partial charge is 0.244 e. The number of fused-ring (bicyclic) bond motifs is 1. The predicted octanol–water partition coefficient (Wildman–Crippen LogP) is 2.95. The fourth-order valence-corrected chi connectivity index (χ4v) is 4.45. The van der Waals surface area contributed by atoms with Gasteiger partial charge in [0.15, 0.2) is 0 Å². The van der Waals surface area contributed by atoms with Crippen LogP contribution in [0, 0.1) is 23.2 Å². The van der Waals surface area contributed by atoms with Crippen LogP contribution in [0.25, 0.3) is 0 Å². The van der Waals surface area contributed by atoms with Gasteiger partial charge in [-0.3, -0.25) is 0 Å². The highest BCUT2D eigenvalue weighted by Gasteiger charge is 2.66. The van der Waals surface area contributed by atoms with Crippen molar-refractivity contribution in [1.29, 1.82) is 0 Å². The van der Waals surface area contributed by atoms with Crippen molar-refractivity contribution in [3.63, 3.8) is 0 Å². The fourth-order valence-electron chi connectivity index (χ4n) is 3.04. The molecule has 2 heteroatoms. The first kappa shape index (κ1) is 9.25. The van der Waals surface area contributed by atoms with E-state index in [1.54, 1.807) is 0 Å². The van der Waals surface area contributed by atoms with Crippen LogP contribution >= 0.6 is 22.9 Å². The van der Waals surface area contributed by atoms with Gasteiger partial charge < -0.3 is 0 Å². The van der Waals surface area contributed by atoms with E-state index in [1.807, 2.05) is 0 Å². The monoisotopic (exact) mass is 279 g/mol. The highest BCUT2D eigenvalue weighted by atomic mass is 127. The summed E-state index contributed by atoms with van der Waals surface area (Å²) in [5.41, 5.74) is 0.649. The molecule has 0 aromatic carbocycles. The zero-order chi connectivity index (χ0) is 9.09. The van der Waals surface area contributed by atoms with Crippen LogP contribution in [0.15, 0.2) is 0 Å². The van der Waals surface area contributed by atoms with E-state index in [9.17, 15) is 0 Å². The third-order valence-electron chi connectivity index (χ3n) is 3.88. The molecule has 1 aliphatic carbocycles. The van der Waals surface area contributed by atoms with E-state index in [4.69, 9.17) is 0 Å². The van der Waals surface area contributed by atoms with Crippen LogP contribution < -0.4 is 0 Å². The average Bonchev–Trinajstić information content (AvgIpc) is 2.40. The van der Waals surface area contributed by atoms with Gasteiger partial charge >= 0.3 is 0 Å². The van der Waals surface area contributed by atoms with Crippen molar-refractivity contribution in [2.45, 2.75) is 33.7 Å². The fraction of sp³-hybridized carbons (Fsp3) is 1.00. The molecular formula is C10H18IN. The van der Waals surface area contributed by atoms with E-state index < -0.39 is 0 Å². The van der Waals surface area contributed by atoms with Crippen molar-refractivity contribution in [3.8, 4) is 0 Å². The SMILES string of the molecule is CC(C)C1C2C(CN1I)C2(C)C. The maximum absolute atomic E-state index is 2.53. The van der Waals surface area contributed by atoms with Gasteiger partial charge in [0, 0.05) is 35.5 Å². The van der Waals surface area contributed by atoms with Crippen LogP contribution in [0.2, 0.25) is 0 Å². The molecule has 2 aliphatic rings. The van der Waals surface area contributed by atoms with Gasteiger partial charge in [-0.15, -0.1) is 0 Å². The minimum absolute atomic E-state index is 0.649. The molecule has 0 radical (unpaired) electrons. The number of nitrogens with zero attached hydrogens (tertiary/aromatic N) is 1. The molecule has 0 N–H and O–H groups in total. The first-order valence-corrected chi connectivity index (χ1v) is 5.85. The van der Waals surface area contributed by atoms with E-state index >= 15 is 0 Å². The molecule has 1 saturated heterocycles. The van der Waals surface area contributed by atoms with Crippen molar-refractivity contribution in [3.05, 3.63) is 0 Å². The minimum atomic E-state index is 0.649. The highest BCUT2D eigenvalue weighted by molar-refractivity contribution is 14.1. The Hall–Kier alpha value is 0.690. The van der Waals surface area contributed by atoms with Crippen molar-refractivity contribution < 1.29 is 0 Å². The summed E-state index contributed by atoms with van der Waals surface area (Å²) in [6.07, 6.45) is 0. The summed E-state index contributed by atoms with van der Waals surface area (Å²) in [6, 6.07) is 0.839. The molecule has 1 nitrogen and oxygen atoms in total. The number of rotatable bonds is 1. The molecule has 0 amide bonds. The zero-order valence-corrected chi connectivity index (χ0v) is 10.5. The van der Waals surface area contributed by atoms with Crippen molar-refractivity contribution in [2.75, 3.05) is 6.54 Å². The van der Waals surface area contributed by atoms with E-state index in [0.717, 1.165) is 23.8 Å². The first-order chi connectivity index (χ1) is 5.46. The normalized spacial score (nSPS) is 45.0. The second kappa shape index (κ2) is 2.59. The predicted molar refractivity (Wildman–Crippen MR) is 60.1 cm³/mol. The zero-order valence-electron chi connectivity index (χ0n) is 8.34. The van der Waals surface area contributed by atoms with Gasteiger partial charge in [-0.2, -0.15) is 0 Å². The highest BCUT2D eigenvalue weighted by Crippen LogP contribution is 2.66. The van der Waals surface area contributed by atoms with Crippen molar-refractivity contribution >= 4 is 22.9 Å². The van der Waals surface area contributed by atoms with Crippen LogP contribution in [0.4, 0.5) is 0 Å². The Labute approximate surface area is 89.4 Å². The summed E-state index contributed by atoms with van der Waals surface area (Å²) in [5, 5.41) is 0. The topological polar surface area (TPSA) is 3.24 Å². The average molecular weight is 279 g/mol. The molecule has 2 fully saturated rings. The Bertz CT molecular complexity index is 200. The summed E-state index contributed by atoms with van der Waals surface area (Å²) in [5.74, 6) is 2.79. The summed E-state index contributed by atoms with van der Waals surface area (Å²) in [7, 11) is 0. The summed E-state index contributed by atoms with van der Waals surface area (Å²) in [6.45, 7) is 10.9. The second-order valence-electron chi connectivity index (χ2n) is 5.27. The molecular weight excluding hydrogens is 261 g/mol. The molecule has 1 saturated carbocycles. The van der Waals surface area contributed by atoms with Gasteiger partial charge in [-0.1, -0.05) is 27.7 Å². The van der Waals surface area contributed by atoms with E-state index in [-0.39, 0.29) is 0 Å². The minimum Gasteiger partial charge on any atom is -0.244 e. The summed E-state index contributed by atoms with van der Waals surface area (Å²) in [4.78, 5) is 0. The molecule has 70 valence electrons. The Balaban J connectivity index is 2.13. The van der Waals surface area contributed by atoms with Gasteiger partial charge in [0.2, 0.25) is 0 Å². The molecule has 2 rings (SSSR count). The molecule has 12 heavy (non-hydrogen) atoms. The molecule has 3 unspecified atom stereocenters. The lowest BCUT2D eigenvalue weighted by molar-refractivity contribution is 0.265. The maximum Gasteiger partial charge on any atom is 0.0254 e. The quantitative estimate of drug-likeness (QED) is 0.527. The molecule has 0 bridgehead atoms. The van der Waals surface area contributed by atoms with Crippen molar-refractivity contribution in [2.24, 2.45) is 23.2 Å². The van der Waals surface area contributed by atoms with E-state index in [1.165, 1.54) is 6.54 Å². The molecule has 0 aromatic heterocycles. The van der Waals surface area contributed by atoms with Crippen molar-refractivity contribution in [1.82, 2.24) is 3.11 Å². The number of halogens is 1.